The molecule has 0 aliphatic heterocycles. The van der Waals surface area contributed by atoms with Gasteiger partial charge in [0, 0.05) is 18.1 Å². The number of nitrogens with one attached hydrogen (secondary N) is 1. The second-order valence-corrected chi connectivity index (χ2v) is 4.60. The number of hydrogen-bond donors (Lipinski definition) is 1. The first-order valence-corrected chi connectivity index (χ1v) is 6.48. The number of anilines is 1. The van der Waals surface area contributed by atoms with Crippen molar-refractivity contribution >= 4 is 23.2 Å². The van der Waals surface area contributed by atoms with E-state index in [2.05, 4.69) is 20.4 Å². The van der Waals surface area contributed by atoms with Gasteiger partial charge in [0.05, 0.1) is 16.3 Å². The van der Waals surface area contributed by atoms with Crippen LogP contribution in [-0.2, 0) is 0 Å². The molecule has 2 aromatic heterocycles. The monoisotopic (exact) mass is 299 g/mol. The number of aromatic nitrogens is 4. The summed E-state index contributed by atoms with van der Waals surface area (Å²) >= 11 is 5.94. The first-order chi connectivity index (χ1) is 10.2. The van der Waals surface area contributed by atoms with E-state index >= 15 is 0 Å². The summed E-state index contributed by atoms with van der Waals surface area (Å²) in [4.78, 5) is 19.8. The van der Waals surface area contributed by atoms with Gasteiger partial charge in [-0.25, -0.2) is 9.67 Å². The summed E-state index contributed by atoms with van der Waals surface area (Å²) in [5.41, 5.74) is 1.90. The summed E-state index contributed by atoms with van der Waals surface area (Å²) in [5, 5.41) is 7.12. The van der Waals surface area contributed by atoms with Gasteiger partial charge in [0.1, 0.15) is 12.7 Å². The number of halogens is 1. The van der Waals surface area contributed by atoms with Crippen LogP contribution in [0.5, 0.6) is 0 Å². The highest BCUT2D eigenvalue weighted by molar-refractivity contribution is 6.34. The molecule has 1 amide bonds. The molecule has 6 nitrogen and oxygen atoms in total. The number of amides is 1. The van der Waals surface area contributed by atoms with Gasteiger partial charge in [-0.1, -0.05) is 11.6 Å². The second-order valence-electron chi connectivity index (χ2n) is 4.20. The maximum Gasteiger partial charge on any atom is 0.257 e. The van der Waals surface area contributed by atoms with Gasteiger partial charge in [0.2, 0.25) is 0 Å². The van der Waals surface area contributed by atoms with Crippen LogP contribution in [0.25, 0.3) is 5.69 Å². The van der Waals surface area contributed by atoms with E-state index in [1.165, 1.54) is 18.7 Å². The molecule has 21 heavy (non-hydrogen) atoms. The maximum atomic E-state index is 12.1. The van der Waals surface area contributed by atoms with Crippen LogP contribution in [0.1, 0.15) is 10.4 Å². The van der Waals surface area contributed by atoms with Crippen LogP contribution in [0.3, 0.4) is 0 Å². The SMILES string of the molecule is O=C(Nc1ccc(-n2cncn2)cc1)c1ccncc1Cl. The van der Waals surface area contributed by atoms with Crippen LogP contribution in [0.4, 0.5) is 5.69 Å². The molecular weight excluding hydrogens is 290 g/mol. The van der Waals surface area contributed by atoms with Crippen molar-refractivity contribution in [2.24, 2.45) is 0 Å². The number of pyridine rings is 1. The standard InChI is InChI=1S/C14H10ClN5O/c15-13-7-16-6-5-12(13)14(21)19-10-1-3-11(4-2-10)20-9-17-8-18-20/h1-9H,(H,19,21). The molecule has 0 bridgehead atoms. The molecule has 3 aromatic rings. The van der Waals surface area contributed by atoms with Crippen molar-refractivity contribution in [2.45, 2.75) is 0 Å². The fraction of sp³-hybridized carbons (Fsp3) is 0. The van der Waals surface area contributed by atoms with Crippen molar-refractivity contribution in [3.8, 4) is 5.69 Å². The average molecular weight is 300 g/mol. The van der Waals surface area contributed by atoms with Gasteiger partial charge in [0.25, 0.3) is 5.91 Å². The highest BCUT2D eigenvalue weighted by atomic mass is 35.5. The van der Waals surface area contributed by atoms with Crippen molar-refractivity contribution in [2.75, 3.05) is 5.32 Å². The lowest BCUT2D eigenvalue weighted by atomic mass is 10.2. The lowest BCUT2D eigenvalue weighted by Gasteiger charge is -2.07. The summed E-state index contributed by atoms with van der Waals surface area (Å²) in [7, 11) is 0. The van der Waals surface area contributed by atoms with Crippen LogP contribution >= 0.6 is 11.6 Å². The molecule has 3 rings (SSSR count). The van der Waals surface area contributed by atoms with Gasteiger partial charge in [-0.2, -0.15) is 5.10 Å². The van der Waals surface area contributed by atoms with E-state index < -0.39 is 0 Å². The number of carbonyl (C=O) groups is 1. The summed E-state index contributed by atoms with van der Waals surface area (Å²) in [6.45, 7) is 0. The molecule has 0 unspecified atom stereocenters. The number of nitrogens with zero attached hydrogens (tertiary/aromatic N) is 4. The first kappa shape index (κ1) is 13.3. The van der Waals surface area contributed by atoms with Crippen molar-refractivity contribution in [3.05, 3.63) is 66.0 Å². The van der Waals surface area contributed by atoms with Crippen molar-refractivity contribution in [1.82, 2.24) is 19.7 Å². The van der Waals surface area contributed by atoms with Gasteiger partial charge < -0.3 is 5.32 Å². The minimum absolute atomic E-state index is 0.282. The molecule has 0 atom stereocenters. The fourth-order valence-corrected chi connectivity index (χ4v) is 2.00. The Balaban J connectivity index is 1.77. The molecule has 0 saturated heterocycles. The Labute approximate surface area is 125 Å². The zero-order valence-electron chi connectivity index (χ0n) is 10.8. The molecule has 0 aliphatic rings. The molecule has 0 aliphatic carbocycles. The minimum atomic E-state index is -0.282. The highest BCUT2D eigenvalue weighted by Crippen LogP contribution is 2.17. The van der Waals surface area contributed by atoms with Crippen molar-refractivity contribution in [3.63, 3.8) is 0 Å². The van der Waals surface area contributed by atoms with Crippen LogP contribution in [0, 0.1) is 0 Å². The Morgan fingerprint density at radius 1 is 1.14 bits per heavy atom. The molecule has 0 fully saturated rings. The third-order valence-corrected chi connectivity index (χ3v) is 3.13. The third-order valence-electron chi connectivity index (χ3n) is 2.83. The topological polar surface area (TPSA) is 72.7 Å². The van der Waals surface area contributed by atoms with Crippen molar-refractivity contribution < 1.29 is 4.79 Å². The van der Waals surface area contributed by atoms with E-state index in [1.807, 2.05) is 12.1 Å². The quantitative estimate of drug-likeness (QED) is 0.806. The summed E-state index contributed by atoms with van der Waals surface area (Å²) in [5.74, 6) is -0.282. The summed E-state index contributed by atoms with van der Waals surface area (Å²) < 4.78 is 1.63. The van der Waals surface area contributed by atoms with E-state index in [4.69, 9.17) is 11.6 Å². The van der Waals surface area contributed by atoms with Crippen molar-refractivity contribution in [1.29, 1.82) is 0 Å². The van der Waals surface area contributed by atoms with Gasteiger partial charge in [-0.15, -0.1) is 0 Å². The molecule has 104 valence electrons. The molecule has 2 heterocycles. The van der Waals surface area contributed by atoms with Crippen LogP contribution in [0.2, 0.25) is 5.02 Å². The zero-order chi connectivity index (χ0) is 14.7. The van der Waals surface area contributed by atoms with Gasteiger partial charge in [-0.3, -0.25) is 9.78 Å². The molecular formula is C14H10ClN5O. The smallest absolute Gasteiger partial charge is 0.257 e. The lowest BCUT2D eigenvalue weighted by Crippen LogP contribution is -2.12. The number of benzene rings is 1. The zero-order valence-corrected chi connectivity index (χ0v) is 11.5. The predicted octanol–water partition coefficient (Wildman–Crippen LogP) is 2.57. The Morgan fingerprint density at radius 3 is 2.62 bits per heavy atom. The van der Waals surface area contributed by atoms with Gasteiger partial charge >= 0.3 is 0 Å². The molecule has 7 heteroatoms. The number of carbonyl (C=O) groups excluding carboxylic acids is 1. The molecule has 0 spiro atoms. The second kappa shape index (κ2) is 5.72. The van der Waals surface area contributed by atoms with Gasteiger partial charge in [-0.05, 0) is 30.3 Å². The Kier molecular flexibility index (Phi) is 3.61. The Morgan fingerprint density at radius 2 is 1.95 bits per heavy atom. The van der Waals surface area contributed by atoms with Gasteiger partial charge in [0.15, 0.2) is 0 Å². The van der Waals surface area contributed by atoms with E-state index in [0.29, 0.717) is 16.3 Å². The van der Waals surface area contributed by atoms with Crippen LogP contribution in [0.15, 0.2) is 55.4 Å². The molecule has 1 N–H and O–H groups in total. The predicted molar refractivity (Wildman–Crippen MR) is 78.6 cm³/mol. The average Bonchev–Trinajstić information content (AvgIpc) is 3.02. The largest absolute Gasteiger partial charge is 0.322 e. The Bertz CT molecular complexity index is 755. The first-order valence-electron chi connectivity index (χ1n) is 6.10. The van der Waals surface area contributed by atoms with E-state index in [-0.39, 0.29) is 5.91 Å². The fourth-order valence-electron chi connectivity index (χ4n) is 1.80. The van der Waals surface area contributed by atoms with E-state index in [0.717, 1.165) is 5.69 Å². The van der Waals surface area contributed by atoms with E-state index in [9.17, 15) is 4.79 Å². The molecule has 0 radical (unpaired) electrons. The summed E-state index contributed by atoms with van der Waals surface area (Å²) in [6, 6.07) is 8.80. The normalized spacial score (nSPS) is 10.3. The summed E-state index contributed by atoms with van der Waals surface area (Å²) in [6.07, 6.45) is 6.02. The minimum Gasteiger partial charge on any atom is -0.322 e. The number of rotatable bonds is 3. The van der Waals surface area contributed by atoms with Crippen LogP contribution in [-0.4, -0.2) is 25.7 Å². The Hall–Kier alpha value is -2.73. The molecule has 1 aromatic carbocycles. The van der Waals surface area contributed by atoms with Crippen LogP contribution < -0.4 is 5.32 Å². The third kappa shape index (κ3) is 2.90. The highest BCUT2D eigenvalue weighted by Gasteiger charge is 2.10. The van der Waals surface area contributed by atoms with E-state index in [1.54, 1.807) is 29.2 Å². The lowest BCUT2D eigenvalue weighted by molar-refractivity contribution is 0.102. The maximum absolute atomic E-state index is 12.1. The molecule has 0 saturated carbocycles. The number of hydrogen-bond acceptors (Lipinski definition) is 4.